The number of hydrogen-bond donors (Lipinski definition) is 1. The fraction of sp³-hybridized carbons (Fsp3) is 0.714. The molecular weight excluding hydrogens is 278 g/mol. The summed E-state index contributed by atoms with van der Waals surface area (Å²) in [5, 5.41) is 7.96. The smallest absolute Gasteiger partial charge is 0.150 e. The summed E-state index contributed by atoms with van der Waals surface area (Å²) < 4.78 is 22.8. The highest BCUT2D eigenvalue weighted by atomic mass is 32.2. The van der Waals surface area contributed by atoms with Gasteiger partial charge < -0.3 is 5.32 Å². The number of nitrogens with one attached hydrogen (secondary N) is 1. The van der Waals surface area contributed by atoms with Crippen molar-refractivity contribution in [3.63, 3.8) is 0 Å². The minimum Gasteiger partial charge on any atom is -0.310 e. The number of hydrogen-bond acceptors (Lipinski definition) is 4. The molecule has 3 nitrogen and oxygen atoms in total. The Kier molecular flexibility index (Phi) is 5.42. The lowest BCUT2D eigenvalue weighted by atomic mass is 10.0. The van der Waals surface area contributed by atoms with Crippen LogP contribution in [0.2, 0.25) is 0 Å². The van der Waals surface area contributed by atoms with Crippen molar-refractivity contribution in [1.82, 2.24) is 5.32 Å². The molecule has 1 atom stereocenters. The zero-order chi connectivity index (χ0) is 13.7. The third-order valence-electron chi connectivity index (χ3n) is 3.85. The predicted octanol–water partition coefficient (Wildman–Crippen LogP) is 3.00. The number of sulfone groups is 1. The molecule has 108 valence electrons. The highest BCUT2D eigenvalue weighted by Crippen LogP contribution is 2.23. The molecule has 1 aliphatic rings. The van der Waals surface area contributed by atoms with E-state index in [1.165, 1.54) is 5.56 Å². The van der Waals surface area contributed by atoms with Gasteiger partial charge in [-0.05, 0) is 54.1 Å². The summed E-state index contributed by atoms with van der Waals surface area (Å²) in [6, 6.07) is 2.61. The molecule has 1 saturated heterocycles. The van der Waals surface area contributed by atoms with Crippen molar-refractivity contribution < 1.29 is 8.42 Å². The van der Waals surface area contributed by atoms with Gasteiger partial charge in [0.25, 0.3) is 0 Å². The van der Waals surface area contributed by atoms with Crippen molar-refractivity contribution >= 4 is 21.2 Å². The van der Waals surface area contributed by atoms with Crippen molar-refractivity contribution in [3.05, 3.63) is 22.4 Å². The largest absolute Gasteiger partial charge is 0.310 e. The lowest BCUT2D eigenvalue weighted by Gasteiger charge is -2.25. The maximum absolute atomic E-state index is 11.4. The summed E-state index contributed by atoms with van der Waals surface area (Å²) in [6.45, 7) is 3.14. The average molecular weight is 301 g/mol. The van der Waals surface area contributed by atoms with Crippen LogP contribution >= 0.6 is 11.3 Å². The van der Waals surface area contributed by atoms with Crippen LogP contribution in [0.1, 0.15) is 44.2 Å². The molecular formula is C14H23NO2S2. The minimum atomic E-state index is -2.73. The van der Waals surface area contributed by atoms with Gasteiger partial charge in [0.15, 0.2) is 0 Å². The molecule has 0 unspecified atom stereocenters. The minimum absolute atomic E-state index is 0.371. The van der Waals surface area contributed by atoms with Gasteiger partial charge in [-0.1, -0.05) is 13.3 Å². The number of thiophene rings is 1. The molecule has 0 amide bonds. The molecule has 0 spiro atoms. The zero-order valence-electron chi connectivity index (χ0n) is 11.5. The molecule has 19 heavy (non-hydrogen) atoms. The first-order valence-electron chi connectivity index (χ1n) is 7.06. The first-order valence-corrected chi connectivity index (χ1v) is 9.83. The predicted molar refractivity (Wildman–Crippen MR) is 81.3 cm³/mol. The Morgan fingerprint density at radius 1 is 1.42 bits per heavy atom. The molecule has 5 heteroatoms. The van der Waals surface area contributed by atoms with Crippen LogP contribution in [-0.2, 0) is 9.84 Å². The van der Waals surface area contributed by atoms with E-state index < -0.39 is 9.84 Å². The van der Waals surface area contributed by atoms with Crippen molar-refractivity contribution in [2.45, 2.75) is 38.6 Å². The van der Waals surface area contributed by atoms with E-state index >= 15 is 0 Å². The van der Waals surface area contributed by atoms with Crippen LogP contribution < -0.4 is 5.32 Å². The molecule has 1 N–H and O–H groups in total. The lowest BCUT2D eigenvalue weighted by Crippen LogP contribution is -2.32. The van der Waals surface area contributed by atoms with E-state index in [0.29, 0.717) is 23.5 Å². The molecule has 0 saturated carbocycles. The normalized spacial score (nSPS) is 21.3. The van der Waals surface area contributed by atoms with Crippen LogP contribution in [0.15, 0.2) is 16.8 Å². The summed E-state index contributed by atoms with van der Waals surface area (Å²) in [7, 11) is -2.73. The third-order valence-corrected chi connectivity index (χ3v) is 6.27. The van der Waals surface area contributed by atoms with Crippen LogP contribution in [0.5, 0.6) is 0 Å². The highest BCUT2D eigenvalue weighted by molar-refractivity contribution is 7.91. The third kappa shape index (κ3) is 4.58. The van der Waals surface area contributed by atoms with E-state index in [4.69, 9.17) is 0 Å². The monoisotopic (exact) mass is 301 g/mol. The zero-order valence-corrected chi connectivity index (χ0v) is 13.1. The SMILES string of the molecule is CCC[C@H](NCC1CCS(=O)(=O)CC1)c1ccsc1. The van der Waals surface area contributed by atoms with Gasteiger partial charge in [0.1, 0.15) is 9.84 Å². The fourth-order valence-corrected chi connectivity index (χ4v) is 4.90. The first-order chi connectivity index (χ1) is 9.11. The first kappa shape index (κ1) is 15.0. The molecule has 1 aromatic heterocycles. The van der Waals surface area contributed by atoms with Gasteiger partial charge in [-0.25, -0.2) is 8.42 Å². The Hall–Kier alpha value is -0.390. The van der Waals surface area contributed by atoms with Crippen LogP contribution in [-0.4, -0.2) is 26.5 Å². The van der Waals surface area contributed by atoms with E-state index in [9.17, 15) is 8.42 Å². The van der Waals surface area contributed by atoms with E-state index in [1.807, 2.05) is 0 Å². The van der Waals surface area contributed by atoms with Crippen molar-refractivity contribution in [1.29, 1.82) is 0 Å². The van der Waals surface area contributed by atoms with Crippen LogP contribution in [0.3, 0.4) is 0 Å². The Labute approximate surface area is 120 Å². The molecule has 1 fully saturated rings. The van der Waals surface area contributed by atoms with E-state index in [-0.39, 0.29) is 0 Å². The van der Waals surface area contributed by atoms with Gasteiger partial charge >= 0.3 is 0 Å². The number of rotatable bonds is 6. The van der Waals surface area contributed by atoms with Crippen molar-refractivity contribution in [2.24, 2.45) is 5.92 Å². The molecule has 0 aliphatic carbocycles. The molecule has 0 bridgehead atoms. The molecule has 1 aliphatic heterocycles. The quantitative estimate of drug-likeness (QED) is 0.878. The standard InChI is InChI=1S/C14H23NO2S2/c1-2-3-14(13-4-7-18-11-13)15-10-12-5-8-19(16,17)9-6-12/h4,7,11-12,14-15H,2-3,5-6,8-10H2,1H3/t14-/m0/s1. The summed E-state index contributed by atoms with van der Waals surface area (Å²) >= 11 is 1.74. The fourth-order valence-electron chi connectivity index (χ4n) is 2.60. The van der Waals surface area contributed by atoms with Crippen LogP contribution in [0, 0.1) is 5.92 Å². The van der Waals surface area contributed by atoms with Gasteiger partial charge in [-0.15, -0.1) is 0 Å². The topological polar surface area (TPSA) is 46.2 Å². The average Bonchev–Trinajstić information content (AvgIpc) is 2.89. The molecule has 0 aromatic carbocycles. The molecule has 0 radical (unpaired) electrons. The second kappa shape index (κ2) is 6.86. The van der Waals surface area contributed by atoms with Crippen molar-refractivity contribution in [3.8, 4) is 0 Å². The Morgan fingerprint density at radius 2 is 2.16 bits per heavy atom. The van der Waals surface area contributed by atoms with Gasteiger partial charge in [0, 0.05) is 6.04 Å². The van der Waals surface area contributed by atoms with Gasteiger partial charge in [0.05, 0.1) is 11.5 Å². The van der Waals surface area contributed by atoms with Gasteiger partial charge in [-0.2, -0.15) is 11.3 Å². The van der Waals surface area contributed by atoms with Gasteiger partial charge in [-0.3, -0.25) is 0 Å². The van der Waals surface area contributed by atoms with E-state index in [2.05, 4.69) is 29.1 Å². The molecule has 1 aromatic rings. The maximum atomic E-state index is 11.4. The highest BCUT2D eigenvalue weighted by Gasteiger charge is 2.24. The maximum Gasteiger partial charge on any atom is 0.150 e. The lowest BCUT2D eigenvalue weighted by molar-refractivity contribution is 0.390. The Balaban J connectivity index is 1.83. The van der Waals surface area contributed by atoms with Crippen LogP contribution in [0.25, 0.3) is 0 Å². The summed E-state index contributed by atoms with van der Waals surface area (Å²) in [5.41, 5.74) is 1.37. The Bertz CT molecular complexity index is 454. The van der Waals surface area contributed by atoms with Gasteiger partial charge in [0.2, 0.25) is 0 Å². The van der Waals surface area contributed by atoms with E-state index in [0.717, 1.165) is 32.2 Å². The summed E-state index contributed by atoms with van der Waals surface area (Å²) in [4.78, 5) is 0. The second-order valence-electron chi connectivity index (χ2n) is 5.40. The van der Waals surface area contributed by atoms with Crippen LogP contribution in [0.4, 0.5) is 0 Å². The Morgan fingerprint density at radius 3 is 2.74 bits per heavy atom. The summed E-state index contributed by atoms with van der Waals surface area (Å²) in [5.74, 6) is 1.26. The second-order valence-corrected chi connectivity index (χ2v) is 8.49. The molecule has 2 rings (SSSR count). The van der Waals surface area contributed by atoms with E-state index in [1.54, 1.807) is 11.3 Å². The van der Waals surface area contributed by atoms with Crippen molar-refractivity contribution in [2.75, 3.05) is 18.1 Å². The summed E-state index contributed by atoms with van der Waals surface area (Å²) in [6.07, 6.45) is 3.93. The molecule has 2 heterocycles.